The zero-order valence-electron chi connectivity index (χ0n) is 9.04. The van der Waals surface area contributed by atoms with Crippen molar-refractivity contribution >= 4 is 11.0 Å². The van der Waals surface area contributed by atoms with Crippen molar-refractivity contribution in [1.82, 2.24) is 9.55 Å². The topological polar surface area (TPSA) is 43.8 Å². The Morgan fingerprint density at radius 1 is 1.35 bits per heavy atom. The molecule has 0 atom stereocenters. The first kappa shape index (κ1) is 11.9. The lowest BCUT2D eigenvalue weighted by Crippen LogP contribution is -2.07. The van der Waals surface area contributed by atoms with Crippen LogP contribution in [-0.4, -0.2) is 16.1 Å². The highest BCUT2D eigenvalue weighted by molar-refractivity contribution is 5.76. The van der Waals surface area contributed by atoms with E-state index in [1.54, 1.807) is 12.3 Å². The van der Waals surface area contributed by atoms with Crippen LogP contribution >= 0.6 is 0 Å². The predicted molar refractivity (Wildman–Crippen MR) is 58.4 cm³/mol. The fourth-order valence-electron chi connectivity index (χ4n) is 1.68. The number of nitrogens with two attached hydrogens (primary N) is 1. The average Bonchev–Trinajstić information content (AvgIpc) is 2.67. The maximum absolute atomic E-state index is 12.5. The summed E-state index contributed by atoms with van der Waals surface area (Å²) in [7, 11) is 0. The molecule has 0 aliphatic carbocycles. The van der Waals surface area contributed by atoms with Gasteiger partial charge in [-0.1, -0.05) is 0 Å². The van der Waals surface area contributed by atoms with Crippen LogP contribution in [0.2, 0.25) is 0 Å². The Bertz CT molecular complexity index is 516. The molecule has 0 unspecified atom stereocenters. The molecule has 2 heterocycles. The lowest BCUT2D eigenvalue weighted by Gasteiger charge is -2.07. The van der Waals surface area contributed by atoms with Crippen LogP contribution in [0, 0.1) is 0 Å². The fourth-order valence-corrected chi connectivity index (χ4v) is 1.68. The van der Waals surface area contributed by atoms with Crippen LogP contribution in [0.4, 0.5) is 13.2 Å². The van der Waals surface area contributed by atoms with Crippen LogP contribution in [0.1, 0.15) is 12.0 Å². The first-order valence-corrected chi connectivity index (χ1v) is 5.24. The van der Waals surface area contributed by atoms with E-state index in [1.165, 1.54) is 0 Å². The van der Waals surface area contributed by atoms with Gasteiger partial charge < -0.3 is 10.3 Å². The molecule has 0 saturated carbocycles. The number of pyridine rings is 1. The second kappa shape index (κ2) is 4.37. The van der Waals surface area contributed by atoms with Gasteiger partial charge in [0, 0.05) is 24.3 Å². The van der Waals surface area contributed by atoms with Crippen LogP contribution in [0.25, 0.3) is 11.0 Å². The summed E-state index contributed by atoms with van der Waals surface area (Å²) in [6.45, 7) is 1.21. The normalized spacial score (nSPS) is 12.2. The molecule has 2 aromatic rings. The van der Waals surface area contributed by atoms with Crippen molar-refractivity contribution in [3.8, 4) is 0 Å². The van der Waals surface area contributed by atoms with Crippen molar-refractivity contribution in [1.29, 1.82) is 0 Å². The SMILES string of the molecule is NCCCn1ccc2cc(C(F)(F)F)cnc21. The van der Waals surface area contributed by atoms with Crippen molar-refractivity contribution in [2.24, 2.45) is 5.73 Å². The molecule has 17 heavy (non-hydrogen) atoms. The van der Waals surface area contributed by atoms with Crippen molar-refractivity contribution in [2.45, 2.75) is 19.1 Å². The second-order valence-corrected chi connectivity index (χ2v) is 3.79. The highest BCUT2D eigenvalue weighted by atomic mass is 19.4. The number of nitrogens with zero attached hydrogens (tertiary/aromatic N) is 2. The van der Waals surface area contributed by atoms with E-state index in [4.69, 9.17) is 5.73 Å². The summed E-state index contributed by atoms with van der Waals surface area (Å²) in [5.74, 6) is 0. The van der Waals surface area contributed by atoms with E-state index in [2.05, 4.69) is 4.98 Å². The van der Waals surface area contributed by atoms with Crippen molar-refractivity contribution in [3.63, 3.8) is 0 Å². The third-order valence-electron chi connectivity index (χ3n) is 2.53. The Morgan fingerprint density at radius 3 is 2.76 bits per heavy atom. The van der Waals surface area contributed by atoms with E-state index in [0.29, 0.717) is 24.1 Å². The van der Waals surface area contributed by atoms with Gasteiger partial charge in [-0.25, -0.2) is 4.98 Å². The monoisotopic (exact) mass is 243 g/mol. The summed E-state index contributed by atoms with van der Waals surface area (Å²) in [6.07, 6.45) is -0.984. The summed E-state index contributed by atoms with van der Waals surface area (Å²) in [5, 5.41) is 0.497. The first-order valence-electron chi connectivity index (χ1n) is 5.24. The maximum atomic E-state index is 12.5. The minimum atomic E-state index is -4.35. The van der Waals surface area contributed by atoms with Gasteiger partial charge in [0.25, 0.3) is 0 Å². The number of hydrogen-bond donors (Lipinski definition) is 1. The fraction of sp³-hybridized carbons (Fsp3) is 0.364. The first-order chi connectivity index (χ1) is 8.02. The summed E-state index contributed by atoms with van der Waals surface area (Å²) in [5.41, 5.74) is 5.23. The van der Waals surface area contributed by atoms with Crippen molar-refractivity contribution in [2.75, 3.05) is 6.54 Å². The number of aromatic nitrogens is 2. The number of fused-ring (bicyclic) bond motifs is 1. The van der Waals surface area contributed by atoms with Gasteiger partial charge in [0.15, 0.2) is 0 Å². The average molecular weight is 243 g/mol. The smallest absolute Gasteiger partial charge is 0.332 e. The van der Waals surface area contributed by atoms with E-state index >= 15 is 0 Å². The molecule has 0 fully saturated rings. The summed E-state index contributed by atoms with van der Waals surface area (Å²) in [4.78, 5) is 3.86. The summed E-state index contributed by atoms with van der Waals surface area (Å²) in [6, 6.07) is 2.75. The molecular weight excluding hydrogens is 231 g/mol. The molecular formula is C11H12F3N3. The molecule has 3 nitrogen and oxygen atoms in total. The number of hydrogen-bond acceptors (Lipinski definition) is 2. The Labute approximate surface area is 96.0 Å². The molecule has 6 heteroatoms. The van der Waals surface area contributed by atoms with Gasteiger partial charge in [-0.15, -0.1) is 0 Å². The Balaban J connectivity index is 2.38. The summed E-state index contributed by atoms with van der Waals surface area (Å²) >= 11 is 0. The third kappa shape index (κ3) is 2.41. The van der Waals surface area contributed by atoms with Gasteiger partial charge in [-0.05, 0) is 25.1 Å². The quantitative estimate of drug-likeness (QED) is 0.899. The summed E-state index contributed by atoms with van der Waals surface area (Å²) < 4.78 is 39.2. The van der Waals surface area contributed by atoms with Gasteiger partial charge in [0.1, 0.15) is 5.65 Å². The van der Waals surface area contributed by atoms with Crippen LogP contribution < -0.4 is 5.73 Å². The standard InChI is InChI=1S/C11H12F3N3/c12-11(13,14)9-6-8-2-5-17(4-1-3-15)10(8)16-7-9/h2,5-7H,1,3-4,15H2. The van der Waals surface area contributed by atoms with Crippen LogP contribution in [0.3, 0.4) is 0 Å². The molecule has 0 aliphatic heterocycles. The Morgan fingerprint density at radius 2 is 2.12 bits per heavy atom. The predicted octanol–water partition coefficient (Wildman–Crippen LogP) is 2.40. The highest BCUT2D eigenvalue weighted by Gasteiger charge is 2.31. The van der Waals surface area contributed by atoms with Gasteiger partial charge >= 0.3 is 6.18 Å². The maximum Gasteiger partial charge on any atom is 0.417 e. The van der Waals surface area contributed by atoms with Gasteiger partial charge in [0.05, 0.1) is 5.56 Å². The van der Waals surface area contributed by atoms with E-state index in [0.717, 1.165) is 18.7 Å². The van der Waals surface area contributed by atoms with E-state index in [9.17, 15) is 13.2 Å². The molecule has 92 valence electrons. The molecule has 2 aromatic heterocycles. The minimum Gasteiger partial charge on any atom is -0.332 e. The molecule has 0 aromatic carbocycles. The number of alkyl halides is 3. The molecule has 2 N–H and O–H groups in total. The van der Waals surface area contributed by atoms with Gasteiger partial charge in [0.2, 0.25) is 0 Å². The van der Waals surface area contributed by atoms with E-state index in [1.807, 2.05) is 4.57 Å². The number of halogens is 3. The van der Waals surface area contributed by atoms with E-state index in [-0.39, 0.29) is 0 Å². The Hall–Kier alpha value is -1.56. The molecule has 2 rings (SSSR count). The number of rotatable bonds is 3. The molecule has 0 radical (unpaired) electrons. The molecule has 0 bridgehead atoms. The molecule has 0 aliphatic rings. The lowest BCUT2D eigenvalue weighted by molar-refractivity contribution is -0.137. The minimum absolute atomic E-state index is 0.497. The van der Waals surface area contributed by atoms with Gasteiger partial charge in [-0.3, -0.25) is 0 Å². The highest BCUT2D eigenvalue weighted by Crippen LogP contribution is 2.30. The molecule has 0 saturated heterocycles. The third-order valence-corrected chi connectivity index (χ3v) is 2.53. The van der Waals surface area contributed by atoms with Crippen LogP contribution in [-0.2, 0) is 12.7 Å². The lowest BCUT2D eigenvalue weighted by atomic mass is 10.2. The van der Waals surface area contributed by atoms with Gasteiger partial charge in [-0.2, -0.15) is 13.2 Å². The van der Waals surface area contributed by atoms with E-state index < -0.39 is 11.7 Å². The zero-order chi connectivity index (χ0) is 12.5. The van der Waals surface area contributed by atoms with Crippen molar-refractivity contribution < 1.29 is 13.2 Å². The molecule has 0 amide bonds. The van der Waals surface area contributed by atoms with Crippen molar-refractivity contribution in [3.05, 3.63) is 30.1 Å². The van der Waals surface area contributed by atoms with Crippen LogP contribution in [0.15, 0.2) is 24.5 Å². The number of aryl methyl sites for hydroxylation is 1. The molecule has 0 spiro atoms. The van der Waals surface area contributed by atoms with Crippen LogP contribution in [0.5, 0.6) is 0 Å². The zero-order valence-corrected chi connectivity index (χ0v) is 9.04. The second-order valence-electron chi connectivity index (χ2n) is 3.79. The Kier molecular flexibility index (Phi) is 3.06. The largest absolute Gasteiger partial charge is 0.417 e.